The van der Waals surface area contributed by atoms with Crippen LogP contribution in [0.2, 0.25) is 0 Å². The van der Waals surface area contributed by atoms with Crippen LogP contribution in [0.1, 0.15) is 48.5 Å². The van der Waals surface area contributed by atoms with E-state index in [0.29, 0.717) is 18.2 Å². The van der Waals surface area contributed by atoms with Gasteiger partial charge in [-0.05, 0) is 66.9 Å². The largest absolute Gasteiger partial charge is 0.352 e. The van der Waals surface area contributed by atoms with Gasteiger partial charge in [0, 0.05) is 36.8 Å². The first kappa shape index (κ1) is 22.0. The Morgan fingerprint density at radius 3 is 2.53 bits per heavy atom. The molecule has 1 heterocycles. The predicted octanol–water partition coefficient (Wildman–Crippen LogP) is 4.97. The van der Waals surface area contributed by atoms with Crippen molar-refractivity contribution < 1.29 is 9.59 Å². The van der Waals surface area contributed by atoms with Crippen LogP contribution in [-0.4, -0.2) is 35.8 Å². The molecular formula is C27H31N3O2. The van der Waals surface area contributed by atoms with Crippen molar-refractivity contribution in [1.82, 2.24) is 10.2 Å². The first-order valence-electron chi connectivity index (χ1n) is 11.5. The van der Waals surface area contributed by atoms with Gasteiger partial charge in [0.05, 0.1) is 0 Å². The topological polar surface area (TPSA) is 61.4 Å². The van der Waals surface area contributed by atoms with Gasteiger partial charge in [-0.25, -0.2) is 0 Å². The standard InChI is InChI=1S/C27H31N3O2/c1-20-6-4-5-17-30(20)19-21-9-13-25(14-10-21)29-26(31)15-16-28-27(32)24-12-11-22-7-2-3-8-23(22)18-24/h2-3,7-14,18,20H,4-6,15-17,19H2,1H3,(H,28,32)(H,29,31). The summed E-state index contributed by atoms with van der Waals surface area (Å²) in [5, 5.41) is 7.87. The second-order valence-corrected chi connectivity index (χ2v) is 8.63. The molecule has 0 radical (unpaired) electrons. The molecule has 4 rings (SSSR count). The number of hydrogen-bond donors (Lipinski definition) is 2. The molecule has 0 aromatic heterocycles. The summed E-state index contributed by atoms with van der Waals surface area (Å²) in [5.41, 5.74) is 2.65. The number of carbonyl (C=O) groups excluding carboxylic acids is 2. The van der Waals surface area contributed by atoms with E-state index in [1.165, 1.54) is 24.8 Å². The van der Waals surface area contributed by atoms with Gasteiger partial charge in [-0.1, -0.05) is 48.9 Å². The van der Waals surface area contributed by atoms with Crippen molar-refractivity contribution in [3.05, 3.63) is 77.9 Å². The summed E-state index contributed by atoms with van der Waals surface area (Å²) in [6.07, 6.45) is 4.10. The Hall–Kier alpha value is -3.18. The molecule has 2 N–H and O–H groups in total. The van der Waals surface area contributed by atoms with Crippen LogP contribution in [0.4, 0.5) is 5.69 Å². The highest BCUT2D eigenvalue weighted by molar-refractivity contribution is 5.99. The first-order chi connectivity index (χ1) is 15.6. The van der Waals surface area contributed by atoms with Crippen LogP contribution in [-0.2, 0) is 11.3 Å². The van der Waals surface area contributed by atoms with Crippen molar-refractivity contribution in [3.8, 4) is 0 Å². The third-order valence-corrected chi connectivity index (χ3v) is 6.21. The molecule has 32 heavy (non-hydrogen) atoms. The van der Waals surface area contributed by atoms with Crippen LogP contribution in [0.25, 0.3) is 10.8 Å². The predicted molar refractivity (Wildman–Crippen MR) is 130 cm³/mol. The van der Waals surface area contributed by atoms with Gasteiger partial charge in [0.1, 0.15) is 0 Å². The van der Waals surface area contributed by atoms with E-state index in [9.17, 15) is 9.59 Å². The zero-order valence-corrected chi connectivity index (χ0v) is 18.6. The van der Waals surface area contributed by atoms with E-state index in [1.807, 2.05) is 54.6 Å². The molecule has 2 amide bonds. The fourth-order valence-electron chi connectivity index (χ4n) is 4.27. The average Bonchev–Trinajstić information content (AvgIpc) is 2.81. The molecule has 5 heteroatoms. The van der Waals surface area contributed by atoms with E-state index >= 15 is 0 Å². The minimum absolute atomic E-state index is 0.110. The molecule has 1 atom stereocenters. The number of piperidine rings is 1. The molecule has 3 aromatic carbocycles. The SMILES string of the molecule is CC1CCCCN1Cc1ccc(NC(=O)CCNC(=O)c2ccc3ccccc3c2)cc1. The van der Waals surface area contributed by atoms with Crippen LogP contribution in [0.15, 0.2) is 66.7 Å². The van der Waals surface area contributed by atoms with Crippen LogP contribution in [0.3, 0.4) is 0 Å². The van der Waals surface area contributed by atoms with Crippen LogP contribution in [0.5, 0.6) is 0 Å². The smallest absolute Gasteiger partial charge is 0.251 e. The molecule has 1 fully saturated rings. The van der Waals surface area contributed by atoms with Crippen LogP contribution < -0.4 is 10.6 Å². The monoisotopic (exact) mass is 429 g/mol. The van der Waals surface area contributed by atoms with Crippen molar-refractivity contribution in [2.75, 3.05) is 18.4 Å². The zero-order chi connectivity index (χ0) is 22.3. The second kappa shape index (κ2) is 10.4. The maximum atomic E-state index is 12.4. The number of amides is 2. The fourth-order valence-corrected chi connectivity index (χ4v) is 4.27. The normalized spacial score (nSPS) is 16.6. The quantitative estimate of drug-likeness (QED) is 0.557. The van der Waals surface area contributed by atoms with Gasteiger partial charge in [-0.3, -0.25) is 14.5 Å². The van der Waals surface area contributed by atoms with Gasteiger partial charge in [-0.2, -0.15) is 0 Å². The molecule has 166 valence electrons. The Kier molecular flexibility index (Phi) is 7.17. The number of nitrogens with one attached hydrogen (secondary N) is 2. The van der Waals surface area contributed by atoms with Crippen molar-refractivity contribution >= 4 is 28.3 Å². The maximum Gasteiger partial charge on any atom is 0.251 e. The minimum Gasteiger partial charge on any atom is -0.352 e. The van der Waals surface area contributed by atoms with Crippen molar-refractivity contribution in [2.45, 2.75) is 45.2 Å². The van der Waals surface area contributed by atoms with E-state index in [4.69, 9.17) is 0 Å². The highest BCUT2D eigenvalue weighted by Crippen LogP contribution is 2.20. The molecule has 3 aromatic rings. The van der Waals surface area contributed by atoms with Gasteiger partial charge in [0.15, 0.2) is 0 Å². The number of benzene rings is 3. The van der Waals surface area contributed by atoms with Gasteiger partial charge in [0.25, 0.3) is 5.91 Å². The number of carbonyl (C=O) groups is 2. The van der Waals surface area contributed by atoms with Crippen LogP contribution >= 0.6 is 0 Å². The summed E-state index contributed by atoms with van der Waals surface area (Å²) in [6, 6.07) is 22.3. The summed E-state index contributed by atoms with van der Waals surface area (Å²) in [4.78, 5) is 27.2. The highest BCUT2D eigenvalue weighted by Gasteiger charge is 2.18. The van der Waals surface area contributed by atoms with Crippen molar-refractivity contribution in [3.63, 3.8) is 0 Å². The Balaban J connectivity index is 1.22. The second-order valence-electron chi connectivity index (χ2n) is 8.63. The molecule has 1 unspecified atom stereocenters. The number of likely N-dealkylation sites (tertiary alicyclic amines) is 1. The summed E-state index contributed by atoms with van der Waals surface area (Å²) in [5.74, 6) is -0.277. The Morgan fingerprint density at radius 2 is 1.75 bits per heavy atom. The summed E-state index contributed by atoms with van der Waals surface area (Å²) >= 11 is 0. The minimum atomic E-state index is -0.167. The lowest BCUT2D eigenvalue weighted by Crippen LogP contribution is -2.36. The average molecular weight is 430 g/mol. The molecule has 0 bridgehead atoms. The maximum absolute atomic E-state index is 12.4. The molecule has 0 saturated carbocycles. The summed E-state index contributed by atoms with van der Waals surface area (Å²) in [6.45, 7) is 4.70. The number of anilines is 1. The van der Waals surface area contributed by atoms with Gasteiger partial charge >= 0.3 is 0 Å². The molecule has 1 saturated heterocycles. The molecule has 1 aliphatic rings. The number of hydrogen-bond acceptors (Lipinski definition) is 3. The van der Waals surface area contributed by atoms with Gasteiger partial charge < -0.3 is 10.6 Å². The summed E-state index contributed by atoms with van der Waals surface area (Å²) in [7, 11) is 0. The molecule has 5 nitrogen and oxygen atoms in total. The highest BCUT2D eigenvalue weighted by atomic mass is 16.2. The van der Waals surface area contributed by atoms with Crippen molar-refractivity contribution in [1.29, 1.82) is 0 Å². The Labute approximate surface area is 189 Å². The third kappa shape index (κ3) is 5.74. The van der Waals surface area contributed by atoms with E-state index in [-0.39, 0.29) is 18.2 Å². The van der Waals surface area contributed by atoms with E-state index < -0.39 is 0 Å². The van der Waals surface area contributed by atoms with Crippen LogP contribution in [0, 0.1) is 0 Å². The van der Waals surface area contributed by atoms with Gasteiger partial charge in [-0.15, -0.1) is 0 Å². The molecule has 0 aliphatic carbocycles. The lowest BCUT2D eigenvalue weighted by atomic mass is 10.0. The molecule has 0 spiro atoms. The van der Waals surface area contributed by atoms with Gasteiger partial charge in [0.2, 0.25) is 5.91 Å². The van der Waals surface area contributed by atoms with E-state index in [0.717, 1.165) is 29.5 Å². The number of rotatable bonds is 7. The first-order valence-corrected chi connectivity index (χ1v) is 11.5. The lowest BCUT2D eigenvalue weighted by Gasteiger charge is -2.33. The number of nitrogens with zero attached hydrogens (tertiary/aromatic N) is 1. The number of fused-ring (bicyclic) bond motifs is 1. The third-order valence-electron chi connectivity index (χ3n) is 6.21. The Bertz CT molecular complexity index is 1080. The Morgan fingerprint density at radius 1 is 0.969 bits per heavy atom. The van der Waals surface area contributed by atoms with E-state index in [1.54, 1.807) is 0 Å². The van der Waals surface area contributed by atoms with E-state index in [2.05, 4.69) is 34.6 Å². The van der Waals surface area contributed by atoms with Crippen molar-refractivity contribution in [2.24, 2.45) is 0 Å². The fraction of sp³-hybridized carbons (Fsp3) is 0.333. The summed E-state index contributed by atoms with van der Waals surface area (Å²) < 4.78 is 0. The zero-order valence-electron chi connectivity index (χ0n) is 18.6. The lowest BCUT2D eigenvalue weighted by molar-refractivity contribution is -0.116. The molecular weight excluding hydrogens is 398 g/mol. The molecule has 1 aliphatic heterocycles.